The predicted molar refractivity (Wildman–Crippen MR) is 71.7 cm³/mol. The van der Waals surface area contributed by atoms with Crippen molar-refractivity contribution in [3.8, 4) is 5.75 Å². The lowest BCUT2D eigenvalue weighted by atomic mass is 9.91. The van der Waals surface area contributed by atoms with Crippen molar-refractivity contribution in [2.75, 3.05) is 6.61 Å². The molecule has 1 aromatic carbocycles. The molecule has 0 spiro atoms. The molecule has 0 aliphatic heterocycles. The summed E-state index contributed by atoms with van der Waals surface area (Å²) in [5.41, 5.74) is 4.03. The van der Waals surface area contributed by atoms with E-state index in [1.54, 1.807) is 6.92 Å². The van der Waals surface area contributed by atoms with E-state index >= 15 is 0 Å². The molecule has 0 aromatic heterocycles. The van der Waals surface area contributed by atoms with Crippen LogP contribution in [0.1, 0.15) is 34.7 Å². The van der Waals surface area contributed by atoms with Gasteiger partial charge in [-0.25, -0.2) is 0 Å². The maximum absolute atomic E-state index is 10.3. The number of aromatic hydroxyl groups is 1. The van der Waals surface area contributed by atoms with Gasteiger partial charge in [0, 0.05) is 18.6 Å². The summed E-state index contributed by atoms with van der Waals surface area (Å²) in [7, 11) is 0. The Hall–Kier alpha value is -1.32. The number of aliphatic hydroxyl groups excluding tert-OH is 1. The molecule has 0 fully saturated rings. The van der Waals surface area contributed by atoms with Crippen LogP contribution in [0.25, 0.3) is 5.57 Å². The minimum absolute atomic E-state index is 0.0528. The number of phenolic OH excluding ortho intramolecular Hbond substituents is 1. The van der Waals surface area contributed by atoms with Crippen molar-refractivity contribution >= 4 is 5.57 Å². The molecule has 0 saturated carbocycles. The van der Waals surface area contributed by atoms with Gasteiger partial charge in [-0.3, -0.25) is 0 Å². The van der Waals surface area contributed by atoms with E-state index in [0.29, 0.717) is 24.0 Å². The smallest absolute Gasteiger partial charge is 0.126 e. The van der Waals surface area contributed by atoms with Crippen molar-refractivity contribution in [3.05, 3.63) is 34.4 Å². The number of hydrogen-bond donors (Lipinski definition) is 3. The van der Waals surface area contributed by atoms with Crippen LogP contribution in [0.2, 0.25) is 0 Å². The maximum atomic E-state index is 10.3. The fourth-order valence-corrected chi connectivity index (χ4v) is 2.88. The minimum atomic E-state index is -0.991. The molecule has 1 aromatic rings. The molecule has 1 atom stereocenters. The van der Waals surface area contributed by atoms with E-state index in [9.17, 15) is 10.2 Å². The van der Waals surface area contributed by atoms with Crippen molar-refractivity contribution in [2.24, 2.45) is 0 Å². The molecule has 0 saturated heterocycles. The zero-order valence-corrected chi connectivity index (χ0v) is 11.2. The van der Waals surface area contributed by atoms with Gasteiger partial charge in [0.15, 0.2) is 0 Å². The lowest BCUT2D eigenvalue weighted by Gasteiger charge is -2.17. The molecule has 0 amide bonds. The van der Waals surface area contributed by atoms with Gasteiger partial charge in [0.05, 0.1) is 5.60 Å². The van der Waals surface area contributed by atoms with Gasteiger partial charge in [0.2, 0.25) is 0 Å². The Morgan fingerprint density at radius 3 is 2.44 bits per heavy atom. The topological polar surface area (TPSA) is 60.7 Å². The summed E-state index contributed by atoms with van der Waals surface area (Å²) in [4.78, 5) is 0. The molecule has 1 aliphatic carbocycles. The summed E-state index contributed by atoms with van der Waals surface area (Å²) in [6, 6.07) is 0. The van der Waals surface area contributed by atoms with Crippen LogP contribution >= 0.6 is 0 Å². The molecule has 0 heterocycles. The van der Waals surface area contributed by atoms with Crippen LogP contribution in [0.4, 0.5) is 0 Å². The zero-order valence-electron chi connectivity index (χ0n) is 11.2. The molecular formula is C15H20O3. The molecule has 3 nitrogen and oxygen atoms in total. The van der Waals surface area contributed by atoms with Gasteiger partial charge < -0.3 is 15.3 Å². The van der Waals surface area contributed by atoms with Gasteiger partial charge in [-0.1, -0.05) is 6.58 Å². The average molecular weight is 248 g/mol. The molecule has 3 N–H and O–H groups in total. The number of rotatable bonds is 2. The Labute approximate surface area is 107 Å². The first-order valence-corrected chi connectivity index (χ1v) is 6.18. The lowest BCUT2D eigenvalue weighted by Crippen LogP contribution is -2.22. The Balaban J connectivity index is 2.72. The van der Waals surface area contributed by atoms with Crippen LogP contribution in [-0.2, 0) is 12.8 Å². The van der Waals surface area contributed by atoms with Crippen molar-refractivity contribution in [3.63, 3.8) is 0 Å². The van der Waals surface area contributed by atoms with E-state index in [4.69, 9.17) is 5.11 Å². The van der Waals surface area contributed by atoms with Crippen LogP contribution in [0.3, 0.4) is 0 Å². The van der Waals surface area contributed by atoms with Crippen molar-refractivity contribution in [2.45, 2.75) is 39.2 Å². The van der Waals surface area contributed by atoms with Gasteiger partial charge in [0.25, 0.3) is 0 Å². The first kappa shape index (κ1) is 13.1. The van der Waals surface area contributed by atoms with Crippen LogP contribution in [0, 0.1) is 13.8 Å². The third-order valence-electron chi connectivity index (χ3n) is 4.09. The van der Waals surface area contributed by atoms with Gasteiger partial charge in [-0.05, 0) is 55.0 Å². The minimum Gasteiger partial charge on any atom is -0.507 e. The van der Waals surface area contributed by atoms with Gasteiger partial charge in [-0.15, -0.1) is 0 Å². The second-order valence-corrected chi connectivity index (χ2v) is 5.33. The predicted octanol–water partition coefficient (Wildman–Crippen LogP) is 1.86. The van der Waals surface area contributed by atoms with Crippen LogP contribution in [-0.4, -0.2) is 27.5 Å². The molecule has 0 radical (unpaired) electrons. The summed E-state index contributed by atoms with van der Waals surface area (Å²) < 4.78 is 0. The second kappa shape index (κ2) is 4.11. The highest BCUT2D eigenvalue weighted by Crippen LogP contribution is 2.47. The first-order chi connectivity index (χ1) is 8.31. The standard InChI is InChI=1S/C15H20O3/c1-8-11(5-6-16)9(2)14(17)13-10(3)15(4,18)7-12(8)13/h16-18H,3,5-7H2,1-2,4H3. The molecule has 0 bridgehead atoms. The maximum Gasteiger partial charge on any atom is 0.126 e. The highest BCUT2D eigenvalue weighted by molar-refractivity contribution is 5.83. The molecule has 98 valence electrons. The Bertz CT molecular complexity index is 527. The van der Waals surface area contributed by atoms with Crippen molar-refractivity contribution in [1.29, 1.82) is 0 Å². The molecule has 2 rings (SSSR count). The molecule has 3 heteroatoms. The molecule has 1 unspecified atom stereocenters. The summed E-state index contributed by atoms with van der Waals surface area (Å²) in [6.07, 6.45) is 0.992. The monoisotopic (exact) mass is 248 g/mol. The van der Waals surface area contributed by atoms with Gasteiger partial charge in [0.1, 0.15) is 5.75 Å². The molecule has 18 heavy (non-hydrogen) atoms. The van der Waals surface area contributed by atoms with E-state index in [2.05, 4.69) is 6.58 Å². The first-order valence-electron chi connectivity index (χ1n) is 6.18. The SMILES string of the molecule is C=C1c2c(O)c(C)c(CCO)c(C)c2CC1(C)O. The van der Waals surface area contributed by atoms with E-state index in [-0.39, 0.29) is 12.4 Å². The van der Waals surface area contributed by atoms with Gasteiger partial charge >= 0.3 is 0 Å². The zero-order chi connectivity index (χ0) is 13.7. The third-order valence-corrected chi connectivity index (χ3v) is 4.09. The van der Waals surface area contributed by atoms with E-state index < -0.39 is 5.60 Å². The Morgan fingerprint density at radius 2 is 1.89 bits per heavy atom. The summed E-state index contributed by atoms with van der Waals surface area (Å²) >= 11 is 0. The fraction of sp³-hybridized carbons (Fsp3) is 0.467. The molecule has 1 aliphatic rings. The van der Waals surface area contributed by atoms with Crippen LogP contribution in [0.15, 0.2) is 6.58 Å². The van der Waals surface area contributed by atoms with Crippen LogP contribution in [0.5, 0.6) is 5.75 Å². The highest BCUT2D eigenvalue weighted by atomic mass is 16.3. The molecular weight excluding hydrogens is 228 g/mol. The largest absolute Gasteiger partial charge is 0.507 e. The van der Waals surface area contributed by atoms with E-state index in [1.165, 1.54) is 0 Å². The summed E-state index contributed by atoms with van der Waals surface area (Å²) in [6.45, 7) is 9.50. The Kier molecular flexibility index (Phi) is 2.99. The van der Waals surface area contributed by atoms with Crippen molar-refractivity contribution < 1.29 is 15.3 Å². The number of benzene rings is 1. The Morgan fingerprint density at radius 1 is 1.28 bits per heavy atom. The lowest BCUT2D eigenvalue weighted by molar-refractivity contribution is 0.129. The number of hydrogen-bond acceptors (Lipinski definition) is 3. The summed E-state index contributed by atoms with van der Waals surface area (Å²) in [5, 5.41) is 29.7. The van der Waals surface area contributed by atoms with Crippen LogP contribution < -0.4 is 0 Å². The van der Waals surface area contributed by atoms with E-state index in [0.717, 1.165) is 22.3 Å². The van der Waals surface area contributed by atoms with E-state index in [1.807, 2.05) is 13.8 Å². The quantitative estimate of drug-likeness (QED) is 0.748. The summed E-state index contributed by atoms with van der Waals surface area (Å²) in [5.74, 6) is 0.196. The van der Waals surface area contributed by atoms with Crippen molar-refractivity contribution in [1.82, 2.24) is 0 Å². The fourth-order valence-electron chi connectivity index (χ4n) is 2.88. The number of fused-ring (bicyclic) bond motifs is 1. The normalized spacial score (nSPS) is 22.4. The van der Waals surface area contributed by atoms with Gasteiger partial charge in [-0.2, -0.15) is 0 Å². The third kappa shape index (κ3) is 1.66. The second-order valence-electron chi connectivity index (χ2n) is 5.33. The highest BCUT2D eigenvalue weighted by Gasteiger charge is 2.38. The number of phenols is 1. The average Bonchev–Trinajstić information content (AvgIpc) is 2.54. The number of aliphatic hydroxyl groups is 2.